The summed E-state index contributed by atoms with van der Waals surface area (Å²) in [5.41, 5.74) is 1.87. The second-order valence-corrected chi connectivity index (χ2v) is 5.26. The maximum absolute atomic E-state index is 13.8. The molecule has 1 rings (SSSR count). The first-order valence-corrected chi connectivity index (χ1v) is 6.67. The molecule has 94 valence electrons. The van der Waals surface area contributed by atoms with Crippen molar-refractivity contribution in [1.82, 2.24) is 5.32 Å². The van der Waals surface area contributed by atoms with E-state index in [1.807, 2.05) is 19.9 Å². The number of halogens is 2. The Kier molecular flexibility index (Phi) is 5.86. The lowest BCUT2D eigenvalue weighted by Crippen LogP contribution is -2.21. The van der Waals surface area contributed by atoms with Crippen LogP contribution < -0.4 is 5.32 Å². The summed E-state index contributed by atoms with van der Waals surface area (Å²) >= 11 is 3.38. The molecule has 1 atom stereocenters. The van der Waals surface area contributed by atoms with Gasteiger partial charge in [-0.3, -0.25) is 0 Å². The summed E-state index contributed by atoms with van der Waals surface area (Å²) in [5, 5.41) is 3.35. The van der Waals surface area contributed by atoms with Gasteiger partial charge in [-0.05, 0) is 45.0 Å². The van der Waals surface area contributed by atoms with Crippen LogP contribution in [0.3, 0.4) is 0 Å². The van der Waals surface area contributed by atoms with Gasteiger partial charge in [0.1, 0.15) is 5.82 Å². The van der Waals surface area contributed by atoms with Crippen LogP contribution in [-0.2, 0) is 0 Å². The molecule has 1 aromatic rings. The summed E-state index contributed by atoms with van der Waals surface area (Å²) in [6, 6.07) is 5.00. The van der Waals surface area contributed by atoms with Gasteiger partial charge >= 0.3 is 0 Å². The molecule has 0 spiro atoms. The van der Waals surface area contributed by atoms with E-state index in [9.17, 15) is 4.39 Å². The Bertz CT molecular complexity index is 397. The number of rotatable bonds is 5. The van der Waals surface area contributed by atoms with Crippen LogP contribution in [0, 0.1) is 5.82 Å². The van der Waals surface area contributed by atoms with Gasteiger partial charge in [0.25, 0.3) is 0 Å². The minimum Gasteiger partial charge on any atom is -0.307 e. The smallest absolute Gasteiger partial charge is 0.128 e. The second-order valence-electron chi connectivity index (χ2n) is 4.34. The van der Waals surface area contributed by atoms with E-state index in [0.717, 1.165) is 17.4 Å². The van der Waals surface area contributed by atoms with Crippen LogP contribution in [0.2, 0.25) is 0 Å². The second kappa shape index (κ2) is 6.92. The lowest BCUT2D eigenvalue weighted by atomic mass is 10.0. The minimum absolute atomic E-state index is 0.0579. The molecule has 0 aromatic heterocycles. The predicted molar refractivity (Wildman–Crippen MR) is 74.6 cm³/mol. The molecule has 0 heterocycles. The van der Waals surface area contributed by atoms with Crippen molar-refractivity contribution < 1.29 is 4.39 Å². The summed E-state index contributed by atoms with van der Waals surface area (Å²) in [6.07, 6.45) is 3.09. The highest BCUT2D eigenvalue weighted by Gasteiger charge is 2.12. The Morgan fingerprint density at radius 2 is 2.18 bits per heavy atom. The molecule has 0 saturated heterocycles. The molecule has 0 amide bonds. The van der Waals surface area contributed by atoms with E-state index in [1.165, 1.54) is 11.6 Å². The quantitative estimate of drug-likeness (QED) is 0.784. The number of hydrogen-bond acceptors (Lipinski definition) is 1. The zero-order chi connectivity index (χ0) is 12.8. The van der Waals surface area contributed by atoms with Crippen LogP contribution in [0.4, 0.5) is 4.39 Å². The van der Waals surface area contributed by atoms with E-state index < -0.39 is 0 Å². The maximum Gasteiger partial charge on any atom is 0.128 e. The maximum atomic E-state index is 13.8. The van der Waals surface area contributed by atoms with E-state index >= 15 is 0 Å². The van der Waals surface area contributed by atoms with Crippen molar-refractivity contribution in [2.45, 2.75) is 33.2 Å². The van der Waals surface area contributed by atoms with Crippen LogP contribution >= 0.6 is 15.9 Å². The van der Waals surface area contributed by atoms with E-state index in [1.54, 1.807) is 6.07 Å². The first-order valence-electron chi connectivity index (χ1n) is 5.88. The summed E-state index contributed by atoms with van der Waals surface area (Å²) in [6.45, 7) is 7.03. The van der Waals surface area contributed by atoms with E-state index in [0.29, 0.717) is 5.56 Å². The van der Waals surface area contributed by atoms with Gasteiger partial charge in [-0.25, -0.2) is 4.39 Å². The third-order valence-corrected chi connectivity index (χ3v) is 2.90. The molecule has 1 nitrogen and oxygen atoms in total. The number of benzene rings is 1. The first kappa shape index (κ1) is 14.4. The molecule has 0 saturated carbocycles. The largest absolute Gasteiger partial charge is 0.307 e. The highest BCUT2D eigenvalue weighted by molar-refractivity contribution is 9.10. The molecule has 0 aliphatic carbocycles. The van der Waals surface area contributed by atoms with Crippen LogP contribution in [-0.4, -0.2) is 6.54 Å². The molecule has 1 unspecified atom stereocenters. The molecule has 0 bridgehead atoms. The van der Waals surface area contributed by atoms with Gasteiger partial charge in [-0.1, -0.05) is 34.5 Å². The van der Waals surface area contributed by atoms with Gasteiger partial charge in [-0.2, -0.15) is 0 Å². The molecule has 3 heteroatoms. The third-order valence-electron chi connectivity index (χ3n) is 2.41. The number of nitrogens with one attached hydrogen (secondary N) is 1. The van der Waals surface area contributed by atoms with Crippen LogP contribution in [0.15, 0.2) is 34.3 Å². The first-order chi connectivity index (χ1) is 8.04. The Morgan fingerprint density at radius 3 is 2.76 bits per heavy atom. The highest BCUT2D eigenvalue weighted by atomic mass is 79.9. The molecule has 0 fully saturated rings. The van der Waals surface area contributed by atoms with E-state index in [2.05, 4.69) is 34.2 Å². The molecule has 17 heavy (non-hydrogen) atoms. The number of hydrogen-bond donors (Lipinski definition) is 1. The summed E-state index contributed by atoms with van der Waals surface area (Å²) < 4.78 is 14.7. The van der Waals surface area contributed by atoms with Crippen LogP contribution in [0.25, 0.3) is 0 Å². The Labute approximate surface area is 111 Å². The minimum atomic E-state index is -0.167. The highest BCUT2D eigenvalue weighted by Crippen LogP contribution is 2.23. The SMILES string of the molecule is CCCNC(C=C(C)C)c1cc(Br)ccc1F. The third kappa shape index (κ3) is 4.60. The normalized spacial score (nSPS) is 12.3. The molecule has 0 aliphatic heterocycles. The zero-order valence-corrected chi connectivity index (χ0v) is 12.1. The standard InChI is InChI=1S/C14H19BrFN/c1-4-7-17-14(8-10(2)3)12-9-11(15)5-6-13(12)16/h5-6,8-9,14,17H,4,7H2,1-3H3. The zero-order valence-electron chi connectivity index (χ0n) is 10.6. The van der Waals surface area contributed by atoms with Gasteiger partial charge in [-0.15, -0.1) is 0 Å². The van der Waals surface area contributed by atoms with Crippen molar-refractivity contribution in [3.05, 3.63) is 45.7 Å². The van der Waals surface area contributed by atoms with Gasteiger partial charge in [0.2, 0.25) is 0 Å². The van der Waals surface area contributed by atoms with E-state index in [4.69, 9.17) is 0 Å². The fourth-order valence-corrected chi connectivity index (χ4v) is 2.02. The Balaban J connectivity index is 3.03. The predicted octanol–water partition coefficient (Wildman–Crippen LogP) is 4.60. The van der Waals surface area contributed by atoms with E-state index in [-0.39, 0.29) is 11.9 Å². The van der Waals surface area contributed by atoms with Crippen LogP contribution in [0.5, 0.6) is 0 Å². The van der Waals surface area contributed by atoms with Crippen molar-refractivity contribution in [2.75, 3.05) is 6.54 Å². The van der Waals surface area contributed by atoms with Crippen LogP contribution in [0.1, 0.15) is 38.8 Å². The fraction of sp³-hybridized carbons (Fsp3) is 0.429. The Hall–Kier alpha value is -0.670. The average molecular weight is 300 g/mol. The van der Waals surface area contributed by atoms with Gasteiger partial charge in [0.05, 0.1) is 6.04 Å². The van der Waals surface area contributed by atoms with Crippen molar-refractivity contribution in [2.24, 2.45) is 0 Å². The molecule has 1 N–H and O–H groups in total. The van der Waals surface area contributed by atoms with Crippen molar-refractivity contribution >= 4 is 15.9 Å². The lowest BCUT2D eigenvalue weighted by molar-refractivity contribution is 0.553. The lowest BCUT2D eigenvalue weighted by Gasteiger charge is -2.17. The Morgan fingerprint density at radius 1 is 1.47 bits per heavy atom. The summed E-state index contributed by atoms with van der Waals surface area (Å²) in [7, 11) is 0. The average Bonchev–Trinajstić information content (AvgIpc) is 2.27. The molecular weight excluding hydrogens is 281 g/mol. The summed E-state index contributed by atoms with van der Waals surface area (Å²) in [4.78, 5) is 0. The van der Waals surface area contributed by atoms with Crippen molar-refractivity contribution in [3.8, 4) is 0 Å². The van der Waals surface area contributed by atoms with Gasteiger partial charge in [0, 0.05) is 10.0 Å². The number of allylic oxidation sites excluding steroid dienone is 1. The van der Waals surface area contributed by atoms with Gasteiger partial charge in [0.15, 0.2) is 0 Å². The molecule has 1 aromatic carbocycles. The molecule has 0 radical (unpaired) electrons. The monoisotopic (exact) mass is 299 g/mol. The fourth-order valence-electron chi connectivity index (χ4n) is 1.64. The molecular formula is C14H19BrFN. The summed E-state index contributed by atoms with van der Waals surface area (Å²) in [5.74, 6) is -0.167. The van der Waals surface area contributed by atoms with Crippen molar-refractivity contribution in [1.29, 1.82) is 0 Å². The topological polar surface area (TPSA) is 12.0 Å². The van der Waals surface area contributed by atoms with Gasteiger partial charge < -0.3 is 5.32 Å². The van der Waals surface area contributed by atoms with Crippen molar-refractivity contribution in [3.63, 3.8) is 0 Å². The molecule has 0 aliphatic rings.